The summed E-state index contributed by atoms with van der Waals surface area (Å²) in [5.41, 5.74) is 5.28. The van der Waals surface area contributed by atoms with Gasteiger partial charge in [-0.2, -0.15) is 23.5 Å². The molecular weight excluding hydrogens is 335 g/mol. The number of fused-ring (bicyclic) bond motifs is 1. The number of nitrogens with two attached hydrogens (primary N) is 1. The van der Waals surface area contributed by atoms with Crippen LogP contribution in [0, 0.1) is 11.3 Å². The van der Waals surface area contributed by atoms with Crippen LogP contribution in [0.5, 0.6) is 0 Å². The highest BCUT2D eigenvalue weighted by molar-refractivity contribution is 5.94. The van der Waals surface area contributed by atoms with E-state index < -0.39 is 17.6 Å². The van der Waals surface area contributed by atoms with Crippen LogP contribution in [0.4, 0.5) is 13.2 Å². The van der Waals surface area contributed by atoms with Gasteiger partial charge in [-0.25, -0.2) is 0 Å². The highest BCUT2D eigenvalue weighted by Crippen LogP contribution is 2.30. The van der Waals surface area contributed by atoms with Gasteiger partial charge in [0.05, 0.1) is 23.2 Å². The van der Waals surface area contributed by atoms with E-state index in [-0.39, 0.29) is 17.8 Å². The fourth-order valence-electron chi connectivity index (χ4n) is 2.39. The van der Waals surface area contributed by atoms with E-state index in [4.69, 9.17) is 11.0 Å². The number of rotatable bonds is 3. The van der Waals surface area contributed by atoms with Crippen LogP contribution in [-0.4, -0.2) is 20.7 Å². The fraction of sp³-hybridized carbons (Fsp3) is 0.125. The molecule has 0 atom stereocenters. The van der Waals surface area contributed by atoms with Crippen molar-refractivity contribution < 1.29 is 18.0 Å². The zero-order chi connectivity index (χ0) is 18.2. The Morgan fingerprint density at radius 3 is 2.68 bits per heavy atom. The predicted molar refractivity (Wildman–Crippen MR) is 81.3 cm³/mol. The fourth-order valence-corrected chi connectivity index (χ4v) is 2.39. The summed E-state index contributed by atoms with van der Waals surface area (Å²) in [5, 5.41) is 13.2. The number of carbonyl (C=O) groups excluding carboxylic acids is 1. The van der Waals surface area contributed by atoms with Gasteiger partial charge in [0.2, 0.25) is 0 Å². The topological polar surface area (TPSA) is 97.6 Å². The monoisotopic (exact) mass is 345 g/mol. The molecule has 3 aromatic rings. The first kappa shape index (κ1) is 16.4. The third-order valence-corrected chi connectivity index (χ3v) is 3.55. The molecule has 6 nitrogen and oxygen atoms in total. The zero-order valence-corrected chi connectivity index (χ0v) is 12.6. The van der Waals surface area contributed by atoms with Crippen molar-refractivity contribution in [2.45, 2.75) is 12.7 Å². The Morgan fingerprint density at radius 2 is 2.08 bits per heavy atom. The van der Waals surface area contributed by atoms with Crippen LogP contribution < -0.4 is 5.73 Å². The number of alkyl halides is 3. The molecule has 2 heterocycles. The third kappa shape index (κ3) is 3.28. The zero-order valence-electron chi connectivity index (χ0n) is 12.6. The minimum atomic E-state index is -4.47. The molecule has 25 heavy (non-hydrogen) atoms. The lowest BCUT2D eigenvalue weighted by atomic mass is 10.1. The molecule has 2 aromatic heterocycles. The molecule has 0 spiro atoms. The van der Waals surface area contributed by atoms with Gasteiger partial charge in [0.15, 0.2) is 5.69 Å². The Morgan fingerprint density at radius 1 is 1.32 bits per heavy atom. The molecule has 3 rings (SSSR count). The summed E-state index contributed by atoms with van der Waals surface area (Å²) in [5.74, 6) is -0.777. The first-order valence-electron chi connectivity index (χ1n) is 7.01. The highest BCUT2D eigenvalue weighted by Gasteiger charge is 2.31. The number of halogens is 3. The molecule has 1 aromatic carbocycles. The summed E-state index contributed by atoms with van der Waals surface area (Å²) in [6.45, 7) is 0.161. The van der Waals surface area contributed by atoms with Crippen molar-refractivity contribution in [1.29, 1.82) is 5.26 Å². The molecule has 1 amide bonds. The van der Waals surface area contributed by atoms with Gasteiger partial charge in [0.25, 0.3) is 5.91 Å². The molecule has 0 unspecified atom stereocenters. The lowest BCUT2D eigenvalue weighted by Gasteiger charge is -2.08. The standard InChI is InChI=1S/C16H10F3N5O/c17-16(18,19)11-4-10-3-9(1-2-13(10)22-6-11)7-24-8-12(15(21)25)14(5-20)23-24/h1-4,6,8H,7H2,(H2,21,25). The number of hydrogen-bond acceptors (Lipinski definition) is 4. The predicted octanol–water partition coefficient (Wildman–Crippen LogP) is 2.47. The number of aromatic nitrogens is 3. The molecule has 0 aliphatic rings. The van der Waals surface area contributed by atoms with E-state index in [1.54, 1.807) is 24.3 Å². The van der Waals surface area contributed by atoms with E-state index in [1.807, 2.05) is 0 Å². The first-order chi connectivity index (χ1) is 11.8. The quantitative estimate of drug-likeness (QED) is 0.788. The Balaban J connectivity index is 1.97. The van der Waals surface area contributed by atoms with Crippen molar-refractivity contribution in [3.05, 3.63) is 59.0 Å². The molecule has 2 N–H and O–H groups in total. The van der Waals surface area contributed by atoms with Crippen molar-refractivity contribution in [2.75, 3.05) is 0 Å². The van der Waals surface area contributed by atoms with Gasteiger partial charge in [-0.3, -0.25) is 14.5 Å². The molecular formula is C16H10F3N5O. The van der Waals surface area contributed by atoms with Gasteiger partial charge in [-0.1, -0.05) is 6.07 Å². The lowest BCUT2D eigenvalue weighted by Crippen LogP contribution is -2.11. The Labute approximate surface area is 139 Å². The van der Waals surface area contributed by atoms with Gasteiger partial charge in [0.1, 0.15) is 6.07 Å². The van der Waals surface area contributed by atoms with Crippen LogP contribution >= 0.6 is 0 Å². The van der Waals surface area contributed by atoms with Crippen LogP contribution in [0.3, 0.4) is 0 Å². The molecule has 9 heteroatoms. The summed E-state index contributed by atoms with van der Waals surface area (Å²) < 4.78 is 39.7. The molecule has 0 fully saturated rings. The third-order valence-electron chi connectivity index (χ3n) is 3.55. The number of nitriles is 1. The minimum Gasteiger partial charge on any atom is -0.365 e. The van der Waals surface area contributed by atoms with E-state index >= 15 is 0 Å². The number of benzene rings is 1. The van der Waals surface area contributed by atoms with Gasteiger partial charge in [-0.15, -0.1) is 0 Å². The van der Waals surface area contributed by atoms with Crippen LogP contribution in [0.2, 0.25) is 0 Å². The first-order valence-corrected chi connectivity index (χ1v) is 7.01. The molecule has 126 valence electrons. The Kier molecular flexibility index (Phi) is 3.88. The van der Waals surface area contributed by atoms with Crippen molar-refractivity contribution in [1.82, 2.24) is 14.8 Å². The number of primary amides is 1. The lowest BCUT2D eigenvalue weighted by molar-refractivity contribution is -0.137. The maximum absolute atomic E-state index is 12.8. The second-order valence-corrected chi connectivity index (χ2v) is 5.31. The van der Waals surface area contributed by atoms with E-state index in [9.17, 15) is 18.0 Å². The van der Waals surface area contributed by atoms with E-state index in [0.29, 0.717) is 16.5 Å². The summed E-state index contributed by atoms with van der Waals surface area (Å²) in [6.07, 6.45) is -2.36. The smallest absolute Gasteiger partial charge is 0.365 e. The van der Waals surface area contributed by atoms with Gasteiger partial charge in [0, 0.05) is 17.8 Å². The average molecular weight is 345 g/mol. The van der Waals surface area contributed by atoms with Crippen molar-refractivity contribution in [3.8, 4) is 6.07 Å². The summed E-state index contributed by atoms with van der Waals surface area (Å²) in [4.78, 5) is 15.1. The van der Waals surface area contributed by atoms with Crippen molar-refractivity contribution >= 4 is 16.8 Å². The molecule has 0 saturated heterocycles. The number of nitrogens with zero attached hydrogens (tertiary/aromatic N) is 4. The highest BCUT2D eigenvalue weighted by atomic mass is 19.4. The van der Waals surface area contributed by atoms with Gasteiger partial charge in [-0.05, 0) is 23.8 Å². The van der Waals surface area contributed by atoms with Crippen LogP contribution in [-0.2, 0) is 12.7 Å². The summed E-state index contributed by atoms with van der Waals surface area (Å²) >= 11 is 0. The number of amides is 1. The second-order valence-electron chi connectivity index (χ2n) is 5.31. The number of hydrogen-bond donors (Lipinski definition) is 1. The Hall–Kier alpha value is -3.41. The largest absolute Gasteiger partial charge is 0.417 e. The molecule has 0 bridgehead atoms. The maximum Gasteiger partial charge on any atom is 0.417 e. The number of pyridine rings is 1. The van der Waals surface area contributed by atoms with Crippen molar-refractivity contribution in [2.24, 2.45) is 5.73 Å². The molecule has 0 radical (unpaired) electrons. The number of carbonyl (C=O) groups is 1. The van der Waals surface area contributed by atoms with Crippen LogP contribution in [0.25, 0.3) is 10.9 Å². The molecule has 0 aliphatic carbocycles. The van der Waals surface area contributed by atoms with E-state index in [2.05, 4.69) is 10.1 Å². The SMILES string of the molecule is N#Cc1nn(Cc2ccc3ncc(C(F)(F)F)cc3c2)cc1C(N)=O. The van der Waals surface area contributed by atoms with E-state index in [1.165, 1.54) is 10.9 Å². The summed E-state index contributed by atoms with van der Waals surface area (Å²) in [7, 11) is 0. The molecule has 0 aliphatic heterocycles. The van der Waals surface area contributed by atoms with Gasteiger partial charge >= 0.3 is 6.18 Å². The van der Waals surface area contributed by atoms with E-state index in [0.717, 1.165) is 12.3 Å². The minimum absolute atomic E-state index is 0.00989. The Bertz CT molecular complexity index is 1020. The normalized spacial score (nSPS) is 11.4. The van der Waals surface area contributed by atoms with Gasteiger partial charge < -0.3 is 5.73 Å². The van der Waals surface area contributed by atoms with Crippen LogP contribution in [0.15, 0.2) is 36.7 Å². The average Bonchev–Trinajstić information content (AvgIpc) is 2.96. The van der Waals surface area contributed by atoms with Crippen molar-refractivity contribution in [3.63, 3.8) is 0 Å². The molecule has 0 saturated carbocycles. The summed E-state index contributed by atoms with van der Waals surface area (Å²) in [6, 6.07) is 7.61. The maximum atomic E-state index is 12.8. The second kappa shape index (κ2) is 5.90. The van der Waals surface area contributed by atoms with Crippen LogP contribution in [0.1, 0.15) is 27.2 Å².